The number of carbonyl (C=O) groups is 1. The molecule has 0 saturated carbocycles. The van der Waals surface area contributed by atoms with Crippen LogP contribution >= 0.6 is 0 Å². The van der Waals surface area contributed by atoms with Crippen molar-refractivity contribution in [3.8, 4) is 5.75 Å². The predicted molar refractivity (Wildman–Crippen MR) is 80.6 cm³/mol. The quantitative estimate of drug-likeness (QED) is 0.841. The maximum absolute atomic E-state index is 12.3. The van der Waals surface area contributed by atoms with Crippen LogP contribution in [0.1, 0.15) is 39.5 Å². The number of nitrogens with two attached hydrogens (primary N) is 1. The Morgan fingerprint density at radius 3 is 2.70 bits per heavy atom. The lowest BCUT2D eigenvalue weighted by Crippen LogP contribution is -2.40. The second-order valence-corrected chi connectivity index (χ2v) is 5.46. The minimum atomic E-state index is 0.206. The van der Waals surface area contributed by atoms with Crippen LogP contribution in [0.2, 0.25) is 0 Å². The molecule has 0 bridgehead atoms. The van der Waals surface area contributed by atoms with Crippen LogP contribution in [-0.4, -0.2) is 29.5 Å². The molecule has 0 radical (unpaired) electrons. The third kappa shape index (κ3) is 3.44. The van der Waals surface area contributed by atoms with Crippen molar-refractivity contribution in [1.82, 2.24) is 4.90 Å². The molecule has 1 amide bonds. The van der Waals surface area contributed by atoms with Crippen molar-refractivity contribution in [2.24, 2.45) is 0 Å². The topological polar surface area (TPSA) is 55.6 Å². The molecule has 1 heterocycles. The van der Waals surface area contributed by atoms with Crippen LogP contribution < -0.4 is 10.5 Å². The van der Waals surface area contributed by atoms with E-state index in [1.807, 2.05) is 17.0 Å². The summed E-state index contributed by atoms with van der Waals surface area (Å²) in [6.45, 7) is 4.70. The van der Waals surface area contributed by atoms with Crippen molar-refractivity contribution in [2.75, 3.05) is 12.3 Å². The first-order chi connectivity index (χ1) is 9.61. The standard InChI is InChI=1S/C16H24N2O2/c1-3-14-7-4-12(2)18(14)16(19)10-11-20-15-8-5-13(17)6-9-15/h5-6,8-9,12,14H,3-4,7,10-11,17H2,1-2H3. The highest BCUT2D eigenvalue weighted by Gasteiger charge is 2.32. The lowest BCUT2D eigenvalue weighted by Gasteiger charge is -2.28. The Morgan fingerprint density at radius 2 is 2.05 bits per heavy atom. The van der Waals surface area contributed by atoms with Crippen molar-refractivity contribution in [2.45, 2.75) is 51.6 Å². The van der Waals surface area contributed by atoms with Gasteiger partial charge in [-0.3, -0.25) is 4.79 Å². The molecule has 110 valence electrons. The molecule has 1 aromatic rings. The largest absolute Gasteiger partial charge is 0.493 e. The smallest absolute Gasteiger partial charge is 0.226 e. The molecule has 2 atom stereocenters. The van der Waals surface area contributed by atoms with Gasteiger partial charge in [0, 0.05) is 17.8 Å². The first-order valence-corrected chi connectivity index (χ1v) is 7.41. The Kier molecular flexibility index (Phi) is 4.88. The Balaban J connectivity index is 1.81. The summed E-state index contributed by atoms with van der Waals surface area (Å²) in [6.07, 6.45) is 3.71. The van der Waals surface area contributed by atoms with Crippen molar-refractivity contribution in [3.05, 3.63) is 24.3 Å². The van der Waals surface area contributed by atoms with Gasteiger partial charge in [0.2, 0.25) is 5.91 Å². The molecule has 1 fully saturated rings. The zero-order valence-electron chi connectivity index (χ0n) is 12.3. The first-order valence-electron chi connectivity index (χ1n) is 7.41. The molecule has 2 N–H and O–H groups in total. The van der Waals surface area contributed by atoms with Crippen LogP contribution in [0.15, 0.2) is 24.3 Å². The van der Waals surface area contributed by atoms with Gasteiger partial charge >= 0.3 is 0 Å². The number of anilines is 1. The molecular weight excluding hydrogens is 252 g/mol. The molecule has 1 aliphatic rings. The average molecular weight is 276 g/mol. The minimum absolute atomic E-state index is 0.206. The number of benzene rings is 1. The number of nitrogen functional groups attached to an aromatic ring is 1. The summed E-state index contributed by atoms with van der Waals surface area (Å²) in [4.78, 5) is 14.3. The molecule has 4 heteroatoms. The molecule has 1 saturated heterocycles. The fourth-order valence-electron chi connectivity index (χ4n) is 2.87. The van der Waals surface area contributed by atoms with E-state index in [9.17, 15) is 4.79 Å². The first kappa shape index (κ1) is 14.7. The Labute approximate surface area is 120 Å². The monoisotopic (exact) mass is 276 g/mol. The lowest BCUT2D eigenvalue weighted by atomic mass is 10.1. The number of carbonyl (C=O) groups excluding carboxylic acids is 1. The molecular formula is C16H24N2O2. The summed E-state index contributed by atoms with van der Waals surface area (Å²) in [7, 11) is 0. The second-order valence-electron chi connectivity index (χ2n) is 5.46. The van der Waals surface area contributed by atoms with Crippen LogP contribution in [0.3, 0.4) is 0 Å². The zero-order chi connectivity index (χ0) is 14.5. The number of hydrogen-bond donors (Lipinski definition) is 1. The Morgan fingerprint density at radius 1 is 1.35 bits per heavy atom. The molecule has 4 nitrogen and oxygen atoms in total. The van der Waals surface area contributed by atoms with Gasteiger partial charge in [0.1, 0.15) is 5.75 Å². The van der Waals surface area contributed by atoms with Gasteiger partial charge in [-0.25, -0.2) is 0 Å². The SMILES string of the molecule is CCC1CCC(C)N1C(=O)CCOc1ccc(N)cc1. The third-order valence-corrected chi connectivity index (χ3v) is 4.01. The van der Waals surface area contributed by atoms with Gasteiger partial charge in [-0.05, 0) is 50.5 Å². The second kappa shape index (κ2) is 6.64. The van der Waals surface area contributed by atoms with Crippen LogP contribution in [0.25, 0.3) is 0 Å². The van der Waals surface area contributed by atoms with E-state index in [1.165, 1.54) is 0 Å². The summed E-state index contributed by atoms with van der Waals surface area (Å²) in [5, 5.41) is 0. The maximum atomic E-state index is 12.3. The van der Waals surface area contributed by atoms with E-state index in [4.69, 9.17) is 10.5 Å². The number of likely N-dealkylation sites (tertiary alicyclic amines) is 1. The highest BCUT2D eigenvalue weighted by Crippen LogP contribution is 2.26. The molecule has 2 unspecified atom stereocenters. The van der Waals surface area contributed by atoms with E-state index in [1.54, 1.807) is 12.1 Å². The summed E-state index contributed by atoms with van der Waals surface area (Å²) in [5.74, 6) is 0.964. The molecule has 2 rings (SSSR count). The predicted octanol–water partition coefficient (Wildman–Crippen LogP) is 2.83. The number of rotatable bonds is 5. The van der Waals surface area contributed by atoms with E-state index in [-0.39, 0.29) is 5.91 Å². The van der Waals surface area contributed by atoms with Gasteiger partial charge in [-0.15, -0.1) is 0 Å². The zero-order valence-corrected chi connectivity index (χ0v) is 12.3. The molecule has 1 aromatic carbocycles. The maximum Gasteiger partial charge on any atom is 0.226 e. The van der Waals surface area contributed by atoms with Crippen LogP contribution in [-0.2, 0) is 4.79 Å². The van der Waals surface area contributed by atoms with E-state index in [0.717, 1.165) is 25.0 Å². The van der Waals surface area contributed by atoms with Crippen molar-refractivity contribution < 1.29 is 9.53 Å². The van der Waals surface area contributed by atoms with Crippen molar-refractivity contribution in [3.63, 3.8) is 0 Å². The van der Waals surface area contributed by atoms with E-state index < -0.39 is 0 Å². The third-order valence-electron chi connectivity index (χ3n) is 4.01. The average Bonchev–Trinajstić information content (AvgIpc) is 2.82. The van der Waals surface area contributed by atoms with Crippen LogP contribution in [0.5, 0.6) is 5.75 Å². The van der Waals surface area contributed by atoms with E-state index >= 15 is 0 Å². The number of hydrogen-bond acceptors (Lipinski definition) is 3. The highest BCUT2D eigenvalue weighted by molar-refractivity contribution is 5.77. The Hall–Kier alpha value is -1.71. The van der Waals surface area contributed by atoms with E-state index in [0.29, 0.717) is 30.8 Å². The van der Waals surface area contributed by atoms with Crippen molar-refractivity contribution in [1.29, 1.82) is 0 Å². The van der Waals surface area contributed by atoms with Gasteiger partial charge in [0.05, 0.1) is 13.0 Å². The summed E-state index contributed by atoms with van der Waals surface area (Å²) >= 11 is 0. The summed E-state index contributed by atoms with van der Waals surface area (Å²) in [6, 6.07) is 8.03. The van der Waals surface area contributed by atoms with Gasteiger partial charge < -0.3 is 15.4 Å². The van der Waals surface area contributed by atoms with Gasteiger partial charge in [0.25, 0.3) is 0 Å². The fourth-order valence-corrected chi connectivity index (χ4v) is 2.87. The number of amides is 1. The summed E-state index contributed by atoms with van der Waals surface area (Å²) < 4.78 is 5.59. The normalized spacial score (nSPS) is 22.0. The van der Waals surface area contributed by atoms with E-state index in [2.05, 4.69) is 13.8 Å². The number of nitrogens with zero attached hydrogens (tertiary/aromatic N) is 1. The summed E-state index contributed by atoms with van der Waals surface area (Å²) in [5.41, 5.74) is 6.33. The van der Waals surface area contributed by atoms with Crippen LogP contribution in [0.4, 0.5) is 5.69 Å². The lowest BCUT2D eigenvalue weighted by molar-refractivity contribution is -0.134. The molecule has 0 spiro atoms. The molecule has 0 aromatic heterocycles. The fraction of sp³-hybridized carbons (Fsp3) is 0.562. The molecule has 0 aliphatic carbocycles. The molecule has 20 heavy (non-hydrogen) atoms. The van der Waals surface area contributed by atoms with Crippen LogP contribution in [0, 0.1) is 0 Å². The number of ether oxygens (including phenoxy) is 1. The van der Waals surface area contributed by atoms with Gasteiger partial charge in [-0.1, -0.05) is 6.92 Å². The van der Waals surface area contributed by atoms with Gasteiger partial charge in [-0.2, -0.15) is 0 Å². The highest BCUT2D eigenvalue weighted by atomic mass is 16.5. The minimum Gasteiger partial charge on any atom is -0.493 e. The Bertz CT molecular complexity index is 444. The molecule has 1 aliphatic heterocycles. The van der Waals surface area contributed by atoms with Gasteiger partial charge in [0.15, 0.2) is 0 Å². The van der Waals surface area contributed by atoms with Crippen molar-refractivity contribution >= 4 is 11.6 Å².